The Labute approximate surface area is 227 Å². The van der Waals surface area contributed by atoms with Gasteiger partial charge >= 0.3 is 12.1 Å². The maximum absolute atomic E-state index is 10.7. The quantitative estimate of drug-likeness (QED) is 0.387. The number of carbonyl (C=O) groups is 1. The molecule has 2 aromatic carbocycles. The summed E-state index contributed by atoms with van der Waals surface area (Å²) in [6.45, 7) is 4.33. The number of aromatic nitrogens is 5. The van der Waals surface area contributed by atoms with Crippen molar-refractivity contribution in [3.05, 3.63) is 48.8 Å². The second-order valence-corrected chi connectivity index (χ2v) is 10.4. The number of piperidine rings is 1. The number of carboxylic acids is 1. The third kappa shape index (κ3) is 5.55. The van der Waals surface area contributed by atoms with E-state index in [4.69, 9.17) is 9.90 Å². The minimum atomic E-state index is -5.08. The third-order valence-corrected chi connectivity index (χ3v) is 7.53. The zero-order chi connectivity index (χ0) is 28.7. The number of alkyl halides is 3. The van der Waals surface area contributed by atoms with Crippen molar-refractivity contribution >= 4 is 22.8 Å². The Bertz CT molecular complexity index is 1520. The van der Waals surface area contributed by atoms with Gasteiger partial charge in [0.25, 0.3) is 0 Å². The van der Waals surface area contributed by atoms with Crippen molar-refractivity contribution in [1.29, 1.82) is 0 Å². The highest BCUT2D eigenvalue weighted by Crippen LogP contribution is 2.41. The lowest BCUT2D eigenvalue weighted by Gasteiger charge is -2.53. The van der Waals surface area contributed by atoms with Crippen molar-refractivity contribution in [2.24, 2.45) is 12.5 Å². The number of aromatic hydroxyl groups is 1. The lowest BCUT2D eigenvalue weighted by Crippen LogP contribution is -2.60. The summed E-state index contributed by atoms with van der Waals surface area (Å²) < 4.78 is 33.6. The lowest BCUT2D eigenvalue weighted by molar-refractivity contribution is -0.192. The van der Waals surface area contributed by atoms with Crippen LogP contribution in [0.25, 0.3) is 33.3 Å². The molecule has 13 heteroatoms. The molecule has 4 aromatic rings. The van der Waals surface area contributed by atoms with Gasteiger partial charge in [0, 0.05) is 36.5 Å². The maximum Gasteiger partial charge on any atom is 0.490 e. The maximum atomic E-state index is 10.7. The van der Waals surface area contributed by atoms with E-state index in [2.05, 4.69) is 43.2 Å². The molecule has 40 heavy (non-hydrogen) atoms. The number of fused-ring (bicyclic) bond motifs is 1. The molecule has 0 saturated carbocycles. The molecule has 1 spiro atoms. The van der Waals surface area contributed by atoms with E-state index in [0.29, 0.717) is 22.6 Å². The second-order valence-electron chi connectivity index (χ2n) is 10.4. The van der Waals surface area contributed by atoms with Crippen LogP contribution in [-0.4, -0.2) is 85.4 Å². The molecule has 0 atom stereocenters. The first-order valence-electron chi connectivity index (χ1n) is 12.6. The molecule has 2 aliphatic rings. The van der Waals surface area contributed by atoms with Crippen LogP contribution < -0.4 is 4.90 Å². The Morgan fingerprint density at radius 1 is 0.975 bits per heavy atom. The number of aliphatic carboxylic acids is 1. The molecule has 2 aromatic heterocycles. The van der Waals surface area contributed by atoms with Crippen LogP contribution >= 0.6 is 0 Å². The Morgan fingerprint density at radius 2 is 1.62 bits per heavy atom. The van der Waals surface area contributed by atoms with E-state index in [1.807, 2.05) is 42.2 Å². The number of phenolic OH excluding ortho intramolecular Hbond substituents is 1. The van der Waals surface area contributed by atoms with Crippen LogP contribution in [0.4, 0.5) is 19.1 Å². The average Bonchev–Trinajstić information content (AvgIpc) is 3.28. The van der Waals surface area contributed by atoms with Crippen molar-refractivity contribution in [3.63, 3.8) is 0 Å². The molecule has 0 aliphatic carbocycles. The number of anilines is 1. The Hall–Kier alpha value is -4.26. The minimum absolute atomic E-state index is 0.164. The SMILES string of the molecule is CN1CCC2(CC1)CN(c1ncc(-c3ccc(-c4ccc5c(cnn5C)c4)cc3O)nn1)C2.O=C(O)C(F)(F)F. The highest BCUT2D eigenvalue weighted by molar-refractivity contribution is 5.85. The van der Waals surface area contributed by atoms with E-state index in [1.165, 1.54) is 12.8 Å². The Kier molecular flexibility index (Phi) is 7.08. The van der Waals surface area contributed by atoms with Crippen LogP contribution in [-0.2, 0) is 11.8 Å². The topological polar surface area (TPSA) is 121 Å². The summed E-state index contributed by atoms with van der Waals surface area (Å²) in [5.41, 5.74) is 4.65. The van der Waals surface area contributed by atoms with Gasteiger partial charge in [-0.25, -0.2) is 9.78 Å². The van der Waals surface area contributed by atoms with Gasteiger partial charge in [-0.15, -0.1) is 10.2 Å². The van der Waals surface area contributed by atoms with Crippen molar-refractivity contribution in [3.8, 4) is 28.1 Å². The number of hydrogen-bond donors (Lipinski definition) is 2. The molecule has 2 aliphatic heterocycles. The van der Waals surface area contributed by atoms with Crippen LogP contribution in [0, 0.1) is 5.41 Å². The molecule has 0 amide bonds. The molecule has 2 fully saturated rings. The van der Waals surface area contributed by atoms with E-state index in [9.17, 15) is 18.3 Å². The van der Waals surface area contributed by atoms with E-state index in [1.54, 1.807) is 12.3 Å². The number of aryl methyl sites for hydroxylation is 1. The molecule has 2 N–H and O–H groups in total. The number of rotatable bonds is 3. The molecular weight excluding hydrogens is 527 g/mol. The number of nitrogens with zero attached hydrogens (tertiary/aromatic N) is 7. The van der Waals surface area contributed by atoms with Crippen LogP contribution in [0.1, 0.15) is 12.8 Å². The fourth-order valence-electron chi connectivity index (χ4n) is 5.12. The lowest BCUT2D eigenvalue weighted by atomic mass is 9.72. The zero-order valence-corrected chi connectivity index (χ0v) is 21.9. The first kappa shape index (κ1) is 27.3. The zero-order valence-electron chi connectivity index (χ0n) is 21.9. The fourth-order valence-corrected chi connectivity index (χ4v) is 5.12. The number of carboxylic acid groups (broad SMARTS) is 1. The summed E-state index contributed by atoms with van der Waals surface area (Å²) in [6, 6.07) is 11.8. The summed E-state index contributed by atoms with van der Waals surface area (Å²) in [5.74, 6) is -1.92. The summed E-state index contributed by atoms with van der Waals surface area (Å²) >= 11 is 0. The van der Waals surface area contributed by atoms with Crippen LogP contribution in [0.5, 0.6) is 5.75 Å². The smallest absolute Gasteiger partial charge is 0.490 e. The number of likely N-dealkylation sites (tertiary alicyclic amines) is 1. The van der Waals surface area contributed by atoms with Crippen LogP contribution in [0.3, 0.4) is 0 Å². The van der Waals surface area contributed by atoms with Gasteiger partial charge in [-0.2, -0.15) is 18.3 Å². The molecule has 10 nitrogen and oxygen atoms in total. The predicted molar refractivity (Wildman–Crippen MR) is 142 cm³/mol. The van der Waals surface area contributed by atoms with E-state index in [-0.39, 0.29) is 5.75 Å². The minimum Gasteiger partial charge on any atom is -0.507 e. The molecule has 6 rings (SSSR count). The highest BCUT2D eigenvalue weighted by atomic mass is 19.4. The summed E-state index contributed by atoms with van der Waals surface area (Å²) in [7, 11) is 4.12. The summed E-state index contributed by atoms with van der Waals surface area (Å²) in [5, 5.41) is 31.9. The predicted octanol–water partition coefficient (Wildman–Crippen LogP) is 3.96. The molecule has 0 unspecified atom stereocenters. The van der Waals surface area contributed by atoms with Crippen molar-refractivity contribution in [1.82, 2.24) is 29.9 Å². The van der Waals surface area contributed by atoms with Gasteiger partial charge in [0.2, 0.25) is 5.95 Å². The van der Waals surface area contributed by atoms with Gasteiger partial charge in [-0.3, -0.25) is 4.68 Å². The summed E-state index contributed by atoms with van der Waals surface area (Å²) in [4.78, 5) is 18.1. The van der Waals surface area contributed by atoms with Gasteiger partial charge in [0.15, 0.2) is 0 Å². The molecule has 2 saturated heterocycles. The van der Waals surface area contributed by atoms with E-state index < -0.39 is 12.1 Å². The van der Waals surface area contributed by atoms with Gasteiger partial charge in [-0.1, -0.05) is 12.1 Å². The van der Waals surface area contributed by atoms with Crippen molar-refractivity contribution in [2.45, 2.75) is 19.0 Å². The average molecular weight is 556 g/mol. The van der Waals surface area contributed by atoms with Gasteiger partial charge in [0.1, 0.15) is 11.4 Å². The van der Waals surface area contributed by atoms with Crippen molar-refractivity contribution in [2.75, 3.05) is 38.1 Å². The van der Waals surface area contributed by atoms with E-state index in [0.717, 1.165) is 48.2 Å². The normalized spacial score (nSPS) is 16.9. The molecular formula is C27H28F3N7O3. The first-order valence-corrected chi connectivity index (χ1v) is 12.6. The number of hydrogen-bond acceptors (Lipinski definition) is 8. The van der Waals surface area contributed by atoms with Crippen LogP contribution in [0.2, 0.25) is 0 Å². The van der Waals surface area contributed by atoms with Crippen molar-refractivity contribution < 1.29 is 28.2 Å². The molecule has 4 heterocycles. The van der Waals surface area contributed by atoms with Crippen LogP contribution in [0.15, 0.2) is 48.8 Å². The van der Waals surface area contributed by atoms with Gasteiger partial charge in [0.05, 0.1) is 17.9 Å². The van der Waals surface area contributed by atoms with Gasteiger partial charge < -0.3 is 20.0 Å². The monoisotopic (exact) mass is 555 g/mol. The van der Waals surface area contributed by atoms with Gasteiger partial charge in [-0.05, 0) is 68.4 Å². The highest BCUT2D eigenvalue weighted by Gasteiger charge is 2.45. The molecule has 210 valence electrons. The number of halogens is 3. The molecule has 0 bridgehead atoms. The Balaban J connectivity index is 0.000000411. The second kappa shape index (κ2) is 10.4. The number of benzene rings is 2. The van der Waals surface area contributed by atoms with E-state index >= 15 is 0 Å². The number of phenols is 1. The fraction of sp³-hybridized carbons (Fsp3) is 0.370. The Morgan fingerprint density at radius 3 is 2.23 bits per heavy atom. The first-order chi connectivity index (χ1) is 18.9. The third-order valence-electron chi connectivity index (χ3n) is 7.53. The molecule has 0 radical (unpaired) electrons. The standard InChI is InChI=1S/C25H27N7O.C2HF3O2/c1-30-9-7-25(8-10-30)15-32(16-25)24-26-14-21(28-29-24)20-5-3-18(12-23(20)33)17-4-6-22-19(11-17)13-27-31(22)2;3-2(4,5)1(6)7/h3-6,11-14,33H,7-10,15-16H2,1-2H3;(H,6,7). The summed E-state index contributed by atoms with van der Waals surface area (Å²) in [6.07, 6.45) is 0.944. The largest absolute Gasteiger partial charge is 0.507 e.